The summed E-state index contributed by atoms with van der Waals surface area (Å²) < 4.78 is 20.5. The number of fused-ring (bicyclic) bond motifs is 1. The van der Waals surface area contributed by atoms with Crippen LogP contribution in [0.3, 0.4) is 0 Å². The SMILES string of the molecule is C=CC(=O)N1CC[C@@H](F)[C@H](Oc2nc(N/C(C=N)=C/NCC)nc3[nH]cc(Cl)c23)C1. The minimum atomic E-state index is -1.27. The van der Waals surface area contributed by atoms with Crippen LogP contribution in [0.2, 0.25) is 5.02 Å². The molecule has 0 bridgehead atoms. The fourth-order valence-electron chi connectivity index (χ4n) is 3.03. The lowest BCUT2D eigenvalue weighted by molar-refractivity contribution is -0.130. The largest absolute Gasteiger partial charge is 0.469 e. The van der Waals surface area contributed by atoms with Gasteiger partial charge in [0.15, 0.2) is 0 Å². The maximum Gasteiger partial charge on any atom is 0.246 e. The van der Waals surface area contributed by atoms with E-state index in [0.717, 1.165) is 6.21 Å². The molecule has 1 amide bonds. The number of piperidine rings is 1. The predicted molar refractivity (Wildman–Crippen MR) is 114 cm³/mol. The Balaban J connectivity index is 1.91. The third-order valence-electron chi connectivity index (χ3n) is 4.55. The van der Waals surface area contributed by atoms with Gasteiger partial charge in [0.25, 0.3) is 0 Å². The Labute approximate surface area is 177 Å². The summed E-state index contributed by atoms with van der Waals surface area (Å²) in [4.78, 5) is 25.0. The molecule has 1 fully saturated rings. The van der Waals surface area contributed by atoms with Crippen molar-refractivity contribution in [3.8, 4) is 5.88 Å². The molecular formula is C19H23ClFN7O2. The summed E-state index contributed by atoms with van der Waals surface area (Å²) in [5.74, 6) is -0.0504. The molecule has 0 aliphatic carbocycles. The van der Waals surface area contributed by atoms with Crippen LogP contribution in [-0.2, 0) is 4.79 Å². The third kappa shape index (κ3) is 4.70. The molecule has 30 heavy (non-hydrogen) atoms. The van der Waals surface area contributed by atoms with Gasteiger partial charge in [-0.3, -0.25) is 4.79 Å². The van der Waals surface area contributed by atoms with Crippen molar-refractivity contribution < 1.29 is 13.9 Å². The van der Waals surface area contributed by atoms with Gasteiger partial charge in [-0.1, -0.05) is 18.2 Å². The van der Waals surface area contributed by atoms with Crippen molar-refractivity contribution in [3.05, 3.63) is 35.8 Å². The summed E-state index contributed by atoms with van der Waals surface area (Å²) in [6, 6.07) is 0. The Morgan fingerprint density at radius 2 is 2.37 bits per heavy atom. The number of halogens is 2. The van der Waals surface area contributed by atoms with Gasteiger partial charge in [0.2, 0.25) is 17.7 Å². The molecule has 0 radical (unpaired) electrons. The van der Waals surface area contributed by atoms with Crippen molar-refractivity contribution >= 4 is 40.7 Å². The molecule has 11 heteroatoms. The highest BCUT2D eigenvalue weighted by molar-refractivity contribution is 6.35. The second-order valence-corrected chi connectivity index (χ2v) is 7.00. The number of alkyl halides is 1. The van der Waals surface area contributed by atoms with E-state index in [1.54, 1.807) is 6.20 Å². The van der Waals surface area contributed by atoms with E-state index in [4.69, 9.17) is 21.7 Å². The molecule has 0 unspecified atom stereocenters. The monoisotopic (exact) mass is 435 g/mol. The number of aromatic nitrogens is 3. The summed E-state index contributed by atoms with van der Waals surface area (Å²) in [6.07, 6.45) is 3.40. The summed E-state index contributed by atoms with van der Waals surface area (Å²) in [5, 5.41) is 14.1. The van der Waals surface area contributed by atoms with E-state index < -0.39 is 12.3 Å². The van der Waals surface area contributed by atoms with Crippen molar-refractivity contribution in [1.82, 2.24) is 25.2 Å². The maximum atomic E-state index is 14.6. The van der Waals surface area contributed by atoms with Crippen molar-refractivity contribution in [2.45, 2.75) is 25.6 Å². The predicted octanol–water partition coefficient (Wildman–Crippen LogP) is 2.63. The minimum absolute atomic E-state index is 0.0639. The van der Waals surface area contributed by atoms with E-state index in [2.05, 4.69) is 32.2 Å². The first-order valence-electron chi connectivity index (χ1n) is 9.44. The fourth-order valence-corrected chi connectivity index (χ4v) is 3.26. The van der Waals surface area contributed by atoms with Crippen LogP contribution in [-0.4, -0.2) is 63.9 Å². The van der Waals surface area contributed by atoms with Gasteiger partial charge < -0.3 is 30.7 Å². The van der Waals surface area contributed by atoms with E-state index in [9.17, 15) is 9.18 Å². The van der Waals surface area contributed by atoms with Gasteiger partial charge in [-0.25, -0.2) is 4.39 Å². The number of anilines is 1. The highest BCUT2D eigenvalue weighted by Gasteiger charge is 2.33. The molecule has 9 nitrogen and oxygen atoms in total. The van der Waals surface area contributed by atoms with Crippen molar-refractivity contribution in [2.24, 2.45) is 0 Å². The molecule has 1 aliphatic heterocycles. The lowest BCUT2D eigenvalue weighted by atomic mass is 10.1. The molecule has 1 aliphatic rings. The molecule has 1 saturated heterocycles. The van der Waals surface area contributed by atoms with Crippen LogP contribution >= 0.6 is 11.6 Å². The number of carbonyl (C=O) groups is 1. The first-order valence-corrected chi connectivity index (χ1v) is 9.82. The normalized spacial score (nSPS) is 19.4. The zero-order valence-electron chi connectivity index (χ0n) is 16.4. The van der Waals surface area contributed by atoms with Crippen molar-refractivity contribution in [3.63, 3.8) is 0 Å². The molecular weight excluding hydrogens is 413 g/mol. The zero-order valence-corrected chi connectivity index (χ0v) is 17.2. The molecule has 2 aromatic heterocycles. The maximum absolute atomic E-state index is 14.6. The number of aromatic amines is 1. The first kappa shape index (κ1) is 21.6. The van der Waals surface area contributed by atoms with Crippen LogP contribution in [0.1, 0.15) is 13.3 Å². The molecule has 3 heterocycles. The van der Waals surface area contributed by atoms with Crippen LogP contribution in [0, 0.1) is 5.41 Å². The number of amides is 1. The van der Waals surface area contributed by atoms with E-state index in [-0.39, 0.29) is 30.7 Å². The van der Waals surface area contributed by atoms with Gasteiger partial charge in [0, 0.05) is 31.7 Å². The highest BCUT2D eigenvalue weighted by Crippen LogP contribution is 2.32. The Bertz CT molecular complexity index is 977. The minimum Gasteiger partial charge on any atom is -0.469 e. The summed E-state index contributed by atoms with van der Waals surface area (Å²) in [6.45, 7) is 6.43. The Hall–Kier alpha value is -3.14. The Morgan fingerprint density at radius 1 is 1.57 bits per heavy atom. The summed E-state index contributed by atoms with van der Waals surface area (Å²) >= 11 is 6.25. The van der Waals surface area contributed by atoms with Gasteiger partial charge in [-0.15, -0.1) is 0 Å². The number of rotatable bonds is 8. The molecule has 2 aromatic rings. The second-order valence-electron chi connectivity index (χ2n) is 6.59. The first-order chi connectivity index (χ1) is 14.5. The van der Waals surface area contributed by atoms with Crippen molar-refractivity contribution in [2.75, 3.05) is 25.0 Å². The smallest absolute Gasteiger partial charge is 0.246 e. The zero-order chi connectivity index (χ0) is 21.7. The van der Waals surface area contributed by atoms with Gasteiger partial charge in [0.1, 0.15) is 17.9 Å². The average molecular weight is 436 g/mol. The van der Waals surface area contributed by atoms with E-state index in [1.165, 1.54) is 17.2 Å². The van der Waals surface area contributed by atoms with Gasteiger partial charge >= 0.3 is 0 Å². The van der Waals surface area contributed by atoms with Crippen LogP contribution in [0.25, 0.3) is 11.0 Å². The number of nitrogens with zero attached hydrogens (tertiary/aromatic N) is 3. The standard InChI is InChI=1S/C19H23ClFN7O2/c1-3-15(29)28-6-5-13(21)14(10-28)30-18-16-12(20)9-24-17(16)26-19(27-18)25-11(7-22)8-23-4-2/h3,7-9,13-14,22-23H,1,4-6,10H2,2H3,(H2,24,25,26,27)/b11-8+,22-7?/t13-,14-/m1/s1. The van der Waals surface area contributed by atoms with Gasteiger partial charge in [-0.05, 0) is 19.4 Å². The van der Waals surface area contributed by atoms with Crippen LogP contribution < -0.4 is 15.4 Å². The molecule has 3 rings (SSSR count). The molecule has 0 saturated carbocycles. The number of nitrogens with one attached hydrogen (secondary N) is 4. The molecule has 0 spiro atoms. The molecule has 160 valence electrons. The van der Waals surface area contributed by atoms with Crippen molar-refractivity contribution in [1.29, 1.82) is 5.41 Å². The summed E-state index contributed by atoms with van der Waals surface area (Å²) in [7, 11) is 0. The van der Waals surface area contributed by atoms with Gasteiger partial charge in [0.05, 0.1) is 22.7 Å². The molecule has 0 aromatic carbocycles. The third-order valence-corrected chi connectivity index (χ3v) is 4.85. The Morgan fingerprint density at radius 3 is 3.07 bits per heavy atom. The number of likely N-dealkylation sites (tertiary alicyclic amines) is 1. The Kier molecular flexibility index (Phi) is 6.88. The van der Waals surface area contributed by atoms with Crippen LogP contribution in [0.15, 0.2) is 30.7 Å². The van der Waals surface area contributed by atoms with E-state index in [1.807, 2.05) is 6.92 Å². The number of H-pyrrole nitrogens is 1. The topological polar surface area (TPSA) is 119 Å². The lowest BCUT2D eigenvalue weighted by Gasteiger charge is -2.34. The number of allylic oxidation sites excluding steroid dienone is 1. The van der Waals surface area contributed by atoms with E-state index >= 15 is 0 Å². The van der Waals surface area contributed by atoms with Crippen LogP contribution in [0.5, 0.6) is 5.88 Å². The number of hydrogen-bond donors (Lipinski definition) is 4. The van der Waals surface area contributed by atoms with Crippen LogP contribution in [0.4, 0.5) is 10.3 Å². The number of hydrogen-bond acceptors (Lipinski definition) is 7. The lowest BCUT2D eigenvalue weighted by Crippen LogP contribution is -2.49. The number of ether oxygens (including phenoxy) is 1. The quantitative estimate of drug-likeness (QED) is 0.374. The summed E-state index contributed by atoms with van der Waals surface area (Å²) in [5.41, 5.74) is 0.814. The molecule has 2 atom stereocenters. The second kappa shape index (κ2) is 9.57. The van der Waals surface area contributed by atoms with Gasteiger partial charge in [-0.2, -0.15) is 9.97 Å². The number of carbonyl (C=O) groups excluding carboxylic acids is 1. The fraction of sp³-hybridized carbons (Fsp3) is 0.368. The molecule has 4 N–H and O–H groups in total. The van der Waals surface area contributed by atoms with E-state index in [0.29, 0.717) is 34.8 Å². The highest BCUT2D eigenvalue weighted by atomic mass is 35.5. The average Bonchev–Trinajstić information content (AvgIpc) is 3.12.